The van der Waals surface area contributed by atoms with Crippen molar-refractivity contribution in [2.75, 3.05) is 5.32 Å². The first-order valence-electron chi connectivity index (χ1n) is 4.71. The van der Waals surface area contributed by atoms with E-state index in [-0.39, 0.29) is 16.8 Å². The number of anilines is 1. The maximum atomic E-state index is 10.9. The molecule has 0 spiro atoms. The van der Waals surface area contributed by atoms with Crippen molar-refractivity contribution < 1.29 is 9.90 Å². The van der Waals surface area contributed by atoms with Crippen LogP contribution in [0.25, 0.3) is 0 Å². The Morgan fingerprint density at radius 1 is 1.67 bits per heavy atom. The molecule has 1 unspecified atom stereocenters. The van der Waals surface area contributed by atoms with Crippen LogP contribution in [0.5, 0.6) is 0 Å². The minimum absolute atomic E-state index is 0.139. The van der Waals surface area contributed by atoms with Crippen LogP contribution in [0.3, 0.4) is 0 Å². The van der Waals surface area contributed by atoms with Crippen LogP contribution in [0.4, 0.5) is 5.82 Å². The zero-order valence-electron chi connectivity index (χ0n) is 8.62. The third kappa shape index (κ3) is 3.09. The topological polar surface area (TPSA) is 62.2 Å². The molecule has 0 bridgehead atoms. The van der Waals surface area contributed by atoms with Crippen molar-refractivity contribution in [3.63, 3.8) is 0 Å². The highest BCUT2D eigenvalue weighted by Crippen LogP contribution is 2.17. The van der Waals surface area contributed by atoms with Gasteiger partial charge < -0.3 is 10.4 Å². The molecule has 0 amide bonds. The number of nitrogens with one attached hydrogen (secondary N) is 1. The molecule has 0 aromatic carbocycles. The number of pyridine rings is 1. The fourth-order valence-electron chi connectivity index (χ4n) is 1.05. The zero-order valence-corrected chi connectivity index (χ0v) is 9.38. The number of carboxylic acid groups (broad SMARTS) is 1. The van der Waals surface area contributed by atoms with Crippen LogP contribution in [-0.2, 0) is 0 Å². The monoisotopic (exact) mass is 228 g/mol. The van der Waals surface area contributed by atoms with Gasteiger partial charge in [-0.05, 0) is 25.5 Å². The first-order chi connectivity index (χ1) is 7.04. The van der Waals surface area contributed by atoms with Crippen LogP contribution in [0.1, 0.15) is 30.6 Å². The van der Waals surface area contributed by atoms with E-state index in [2.05, 4.69) is 10.3 Å². The molecule has 1 aromatic rings. The van der Waals surface area contributed by atoms with Crippen LogP contribution >= 0.6 is 11.6 Å². The molecule has 82 valence electrons. The highest BCUT2D eigenvalue weighted by molar-refractivity contribution is 6.29. The second-order valence-corrected chi connectivity index (χ2v) is 3.68. The lowest BCUT2D eigenvalue weighted by atomic mass is 10.2. The number of carbonyl (C=O) groups is 1. The van der Waals surface area contributed by atoms with Crippen molar-refractivity contribution in [1.82, 2.24) is 4.98 Å². The zero-order chi connectivity index (χ0) is 11.4. The minimum Gasteiger partial charge on any atom is -0.478 e. The van der Waals surface area contributed by atoms with Gasteiger partial charge in [-0.1, -0.05) is 18.5 Å². The summed E-state index contributed by atoms with van der Waals surface area (Å²) in [4.78, 5) is 14.8. The Balaban J connectivity index is 3.02. The number of nitrogens with zero attached hydrogens (tertiary/aromatic N) is 1. The second-order valence-electron chi connectivity index (χ2n) is 3.29. The molecule has 4 nitrogen and oxygen atoms in total. The van der Waals surface area contributed by atoms with Crippen LogP contribution in [-0.4, -0.2) is 22.1 Å². The van der Waals surface area contributed by atoms with Crippen molar-refractivity contribution in [1.29, 1.82) is 0 Å². The first-order valence-corrected chi connectivity index (χ1v) is 5.08. The van der Waals surface area contributed by atoms with Gasteiger partial charge in [0.1, 0.15) is 16.5 Å². The maximum Gasteiger partial charge on any atom is 0.339 e. The highest BCUT2D eigenvalue weighted by Gasteiger charge is 2.13. The third-order valence-corrected chi connectivity index (χ3v) is 2.30. The molecule has 1 aromatic heterocycles. The van der Waals surface area contributed by atoms with E-state index in [1.807, 2.05) is 13.8 Å². The van der Waals surface area contributed by atoms with Crippen LogP contribution < -0.4 is 5.32 Å². The molecule has 0 radical (unpaired) electrons. The number of aromatic carboxylic acids is 1. The molecule has 0 saturated heterocycles. The van der Waals surface area contributed by atoms with Gasteiger partial charge in [0, 0.05) is 6.04 Å². The second kappa shape index (κ2) is 4.98. The molecular formula is C10H13ClN2O2. The number of carboxylic acids is 1. The van der Waals surface area contributed by atoms with E-state index >= 15 is 0 Å². The van der Waals surface area contributed by atoms with Crippen LogP contribution in [0, 0.1) is 0 Å². The summed E-state index contributed by atoms with van der Waals surface area (Å²) in [5.41, 5.74) is 0.139. The van der Waals surface area contributed by atoms with E-state index in [0.717, 1.165) is 6.42 Å². The van der Waals surface area contributed by atoms with E-state index in [1.54, 1.807) is 0 Å². The smallest absolute Gasteiger partial charge is 0.339 e. The average molecular weight is 229 g/mol. The summed E-state index contributed by atoms with van der Waals surface area (Å²) in [5, 5.41) is 12.2. The molecule has 0 aliphatic rings. The normalized spacial score (nSPS) is 12.2. The Morgan fingerprint density at radius 2 is 2.33 bits per heavy atom. The maximum absolute atomic E-state index is 10.9. The third-order valence-electron chi connectivity index (χ3n) is 2.09. The molecule has 0 saturated carbocycles. The van der Waals surface area contributed by atoms with Gasteiger partial charge in [0.15, 0.2) is 0 Å². The minimum atomic E-state index is -1.01. The summed E-state index contributed by atoms with van der Waals surface area (Å²) in [6.45, 7) is 3.96. The van der Waals surface area contributed by atoms with Gasteiger partial charge in [-0.25, -0.2) is 9.78 Å². The molecule has 1 heterocycles. The quantitative estimate of drug-likeness (QED) is 0.778. The van der Waals surface area contributed by atoms with Gasteiger partial charge >= 0.3 is 5.97 Å². The summed E-state index contributed by atoms with van der Waals surface area (Å²) in [7, 11) is 0. The Bertz CT molecular complexity index is 368. The van der Waals surface area contributed by atoms with E-state index in [1.165, 1.54) is 12.1 Å². The van der Waals surface area contributed by atoms with Crippen molar-refractivity contribution in [3.05, 3.63) is 22.8 Å². The molecule has 0 aliphatic heterocycles. The van der Waals surface area contributed by atoms with Crippen molar-refractivity contribution >= 4 is 23.4 Å². The van der Waals surface area contributed by atoms with Gasteiger partial charge in [0.05, 0.1) is 0 Å². The number of hydrogen-bond acceptors (Lipinski definition) is 3. The number of aromatic nitrogens is 1. The standard InChI is InChI=1S/C10H13ClN2O2/c1-3-6(2)12-9-7(10(14)15)4-5-8(11)13-9/h4-6H,3H2,1-2H3,(H,12,13)(H,14,15). The van der Waals surface area contributed by atoms with E-state index in [4.69, 9.17) is 16.7 Å². The molecule has 2 N–H and O–H groups in total. The summed E-state index contributed by atoms with van der Waals surface area (Å²) in [5.74, 6) is -0.686. The fraction of sp³-hybridized carbons (Fsp3) is 0.400. The molecule has 1 atom stereocenters. The molecule has 0 fully saturated rings. The van der Waals surface area contributed by atoms with Crippen molar-refractivity contribution in [3.8, 4) is 0 Å². The molecule has 5 heteroatoms. The predicted molar refractivity (Wildman–Crippen MR) is 59.6 cm³/mol. The Kier molecular flexibility index (Phi) is 3.91. The van der Waals surface area contributed by atoms with Gasteiger partial charge in [0.2, 0.25) is 0 Å². The lowest BCUT2D eigenvalue weighted by Crippen LogP contribution is -2.17. The summed E-state index contributed by atoms with van der Waals surface area (Å²) in [6, 6.07) is 3.07. The van der Waals surface area contributed by atoms with Gasteiger partial charge in [0.25, 0.3) is 0 Å². The Morgan fingerprint density at radius 3 is 2.87 bits per heavy atom. The van der Waals surface area contributed by atoms with Gasteiger partial charge in [-0.15, -0.1) is 0 Å². The van der Waals surface area contributed by atoms with Crippen LogP contribution in [0.2, 0.25) is 5.15 Å². The molecule has 1 rings (SSSR count). The lowest BCUT2D eigenvalue weighted by molar-refractivity contribution is 0.0697. The lowest BCUT2D eigenvalue weighted by Gasteiger charge is -2.13. The number of halogens is 1. The summed E-state index contributed by atoms with van der Waals surface area (Å²) < 4.78 is 0. The largest absolute Gasteiger partial charge is 0.478 e. The van der Waals surface area contributed by atoms with E-state index in [9.17, 15) is 4.79 Å². The van der Waals surface area contributed by atoms with E-state index < -0.39 is 5.97 Å². The molecular weight excluding hydrogens is 216 g/mol. The Hall–Kier alpha value is -1.29. The van der Waals surface area contributed by atoms with Crippen LogP contribution in [0.15, 0.2) is 12.1 Å². The van der Waals surface area contributed by atoms with Crippen molar-refractivity contribution in [2.45, 2.75) is 26.3 Å². The average Bonchev–Trinajstić information content (AvgIpc) is 2.17. The summed E-state index contributed by atoms with van der Waals surface area (Å²) in [6.07, 6.45) is 0.882. The highest BCUT2D eigenvalue weighted by atomic mass is 35.5. The molecule has 15 heavy (non-hydrogen) atoms. The van der Waals surface area contributed by atoms with Gasteiger partial charge in [-0.3, -0.25) is 0 Å². The predicted octanol–water partition coefficient (Wildman–Crippen LogP) is 2.64. The first kappa shape index (κ1) is 11.8. The van der Waals surface area contributed by atoms with Gasteiger partial charge in [-0.2, -0.15) is 0 Å². The Labute approximate surface area is 93.3 Å². The molecule has 0 aliphatic carbocycles. The summed E-state index contributed by atoms with van der Waals surface area (Å²) >= 11 is 5.70. The fourth-order valence-corrected chi connectivity index (χ4v) is 1.20. The SMILES string of the molecule is CCC(C)Nc1nc(Cl)ccc1C(=O)O. The number of hydrogen-bond donors (Lipinski definition) is 2. The van der Waals surface area contributed by atoms with Crippen molar-refractivity contribution in [2.24, 2.45) is 0 Å². The number of rotatable bonds is 4. The van der Waals surface area contributed by atoms with E-state index in [0.29, 0.717) is 5.82 Å².